The molecule has 0 radical (unpaired) electrons. The Labute approximate surface area is 118 Å². The SMILES string of the molecule is C=C(C)C(=O)OCCCCCCC([SiH3])(Br)Br. The topological polar surface area (TPSA) is 26.3 Å². The van der Waals surface area contributed by atoms with Gasteiger partial charge in [-0.25, -0.2) is 4.79 Å². The lowest BCUT2D eigenvalue weighted by Gasteiger charge is -2.13. The van der Waals surface area contributed by atoms with Crippen molar-refractivity contribution in [1.82, 2.24) is 0 Å². The largest absolute Gasteiger partial charge is 0.462 e. The molecule has 16 heavy (non-hydrogen) atoms. The van der Waals surface area contributed by atoms with E-state index >= 15 is 0 Å². The fraction of sp³-hybridized carbons (Fsp3) is 0.727. The molecule has 5 heteroatoms. The molecule has 0 saturated carbocycles. The molecule has 0 aromatic heterocycles. The van der Waals surface area contributed by atoms with Gasteiger partial charge in [-0.3, -0.25) is 0 Å². The van der Waals surface area contributed by atoms with E-state index in [4.69, 9.17) is 4.74 Å². The van der Waals surface area contributed by atoms with E-state index in [2.05, 4.69) is 38.4 Å². The highest BCUT2D eigenvalue weighted by Gasteiger charge is 2.13. The van der Waals surface area contributed by atoms with E-state index < -0.39 is 0 Å². The number of alkyl halides is 2. The third-order valence-electron chi connectivity index (χ3n) is 2.09. The summed E-state index contributed by atoms with van der Waals surface area (Å²) >= 11 is 7.19. The Kier molecular flexibility index (Phi) is 8.68. The lowest BCUT2D eigenvalue weighted by molar-refractivity contribution is -0.139. The first-order valence-electron chi connectivity index (χ1n) is 5.53. The summed E-state index contributed by atoms with van der Waals surface area (Å²) in [5, 5.41) is 0. The molecule has 0 rings (SSSR count). The van der Waals surface area contributed by atoms with Crippen LogP contribution in [0.15, 0.2) is 12.2 Å². The predicted octanol–water partition coefficient (Wildman–Crippen LogP) is 2.87. The van der Waals surface area contributed by atoms with Gasteiger partial charge in [-0.05, 0) is 19.8 Å². The molecule has 0 aliphatic carbocycles. The zero-order chi connectivity index (χ0) is 12.6. The second-order valence-electron chi connectivity index (χ2n) is 4.15. The van der Waals surface area contributed by atoms with Gasteiger partial charge in [0.25, 0.3) is 0 Å². The smallest absolute Gasteiger partial charge is 0.333 e. The molecular formula is C11H20Br2O2Si. The fourth-order valence-corrected chi connectivity index (χ4v) is 2.09. The van der Waals surface area contributed by atoms with Crippen LogP contribution in [0.25, 0.3) is 0 Å². The average Bonchev–Trinajstić information content (AvgIpc) is 2.14. The summed E-state index contributed by atoms with van der Waals surface area (Å²) in [4.78, 5) is 11.0. The van der Waals surface area contributed by atoms with E-state index in [1.54, 1.807) is 6.92 Å². The number of halogens is 2. The Hall–Kier alpha value is 0.387. The van der Waals surface area contributed by atoms with Crippen molar-refractivity contribution in [2.24, 2.45) is 0 Å². The van der Waals surface area contributed by atoms with Gasteiger partial charge in [-0.15, -0.1) is 0 Å². The molecule has 0 bridgehead atoms. The second kappa shape index (κ2) is 8.47. The zero-order valence-electron chi connectivity index (χ0n) is 10.0. The highest BCUT2D eigenvalue weighted by molar-refractivity contribution is 9.26. The second-order valence-corrected chi connectivity index (χ2v) is 13.4. The average molecular weight is 372 g/mol. The number of rotatable bonds is 8. The molecule has 94 valence electrons. The number of ether oxygens (including phenoxy) is 1. The van der Waals surface area contributed by atoms with E-state index in [1.165, 1.54) is 12.8 Å². The minimum atomic E-state index is -0.278. The maximum Gasteiger partial charge on any atom is 0.333 e. The molecule has 0 unspecified atom stereocenters. The summed E-state index contributed by atoms with van der Waals surface area (Å²) in [6.45, 7) is 5.71. The molecule has 0 aromatic carbocycles. The normalized spacial score (nSPS) is 11.4. The minimum Gasteiger partial charge on any atom is -0.462 e. The molecule has 0 aliphatic rings. The van der Waals surface area contributed by atoms with Gasteiger partial charge in [0.05, 0.1) is 9.46 Å². The molecular weight excluding hydrogens is 352 g/mol. The molecule has 0 aliphatic heterocycles. The van der Waals surface area contributed by atoms with E-state index in [9.17, 15) is 4.79 Å². The Balaban J connectivity index is 3.29. The van der Waals surface area contributed by atoms with Crippen molar-refractivity contribution < 1.29 is 9.53 Å². The van der Waals surface area contributed by atoms with Crippen molar-refractivity contribution >= 4 is 48.1 Å². The predicted molar refractivity (Wildman–Crippen MR) is 79.4 cm³/mol. The summed E-state index contributed by atoms with van der Waals surface area (Å²) in [7, 11) is 1.10. The van der Waals surface area contributed by atoms with E-state index in [0.29, 0.717) is 12.2 Å². The molecule has 0 amide bonds. The molecule has 2 nitrogen and oxygen atoms in total. The highest BCUT2D eigenvalue weighted by atomic mass is 79.9. The quantitative estimate of drug-likeness (QED) is 0.215. The Bertz CT molecular complexity index is 237. The van der Waals surface area contributed by atoms with Crippen molar-refractivity contribution in [3.05, 3.63) is 12.2 Å². The van der Waals surface area contributed by atoms with Crippen molar-refractivity contribution in [3.63, 3.8) is 0 Å². The Morgan fingerprint density at radius 2 is 1.88 bits per heavy atom. The first-order chi connectivity index (χ1) is 7.33. The van der Waals surface area contributed by atoms with Crippen LogP contribution in [0.2, 0.25) is 0 Å². The van der Waals surface area contributed by atoms with Crippen LogP contribution in [0.3, 0.4) is 0 Å². The Morgan fingerprint density at radius 1 is 1.31 bits per heavy atom. The summed E-state index contributed by atoms with van der Waals surface area (Å²) in [6, 6.07) is 0. The number of esters is 1. The molecule has 0 fully saturated rings. The first kappa shape index (κ1) is 16.4. The summed E-state index contributed by atoms with van der Waals surface area (Å²) in [5.74, 6) is -0.278. The third-order valence-corrected chi connectivity index (χ3v) is 3.38. The van der Waals surface area contributed by atoms with Crippen LogP contribution in [0, 0.1) is 0 Å². The highest BCUT2D eigenvalue weighted by Crippen LogP contribution is 2.28. The summed E-state index contributed by atoms with van der Waals surface area (Å²) in [5.41, 5.74) is 0.472. The monoisotopic (exact) mass is 370 g/mol. The van der Waals surface area contributed by atoms with Gasteiger partial charge in [0.2, 0.25) is 0 Å². The van der Waals surface area contributed by atoms with E-state index in [1.807, 2.05) is 0 Å². The van der Waals surface area contributed by atoms with Crippen LogP contribution < -0.4 is 0 Å². The van der Waals surface area contributed by atoms with Gasteiger partial charge in [0, 0.05) is 15.8 Å². The number of unbranched alkanes of at least 4 members (excludes halogenated alkanes) is 3. The lowest BCUT2D eigenvalue weighted by atomic mass is 10.2. The van der Waals surface area contributed by atoms with Gasteiger partial charge in [-0.2, -0.15) is 0 Å². The van der Waals surface area contributed by atoms with Gasteiger partial charge in [0.1, 0.15) is 0 Å². The summed E-state index contributed by atoms with van der Waals surface area (Å²) < 4.78 is 5.20. The van der Waals surface area contributed by atoms with Crippen LogP contribution in [0.1, 0.15) is 39.0 Å². The van der Waals surface area contributed by atoms with Crippen LogP contribution in [-0.4, -0.2) is 25.7 Å². The van der Waals surface area contributed by atoms with Gasteiger partial charge < -0.3 is 4.74 Å². The van der Waals surface area contributed by atoms with Crippen molar-refractivity contribution in [2.75, 3.05) is 6.61 Å². The number of carbonyl (C=O) groups excluding carboxylic acids is 1. The number of hydrogen-bond donors (Lipinski definition) is 0. The van der Waals surface area contributed by atoms with Gasteiger partial charge in [0.15, 0.2) is 0 Å². The van der Waals surface area contributed by atoms with Crippen LogP contribution in [0.4, 0.5) is 0 Å². The van der Waals surface area contributed by atoms with E-state index in [0.717, 1.165) is 29.5 Å². The number of carbonyl (C=O) groups is 1. The Morgan fingerprint density at radius 3 is 2.38 bits per heavy atom. The fourth-order valence-electron chi connectivity index (χ4n) is 1.18. The maximum absolute atomic E-state index is 11.0. The zero-order valence-corrected chi connectivity index (χ0v) is 15.2. The molecule has 0 aromatic rings. The molecule has 0 atom stereocenters. The lowest BCUT2D eigenvalue weighted by Crippen LogP contribution is -2.09. The third kappa shape index (κ3) is 10.9. The van der Waals surface area contributed by atoms with Crippen molar-refractivity contribution in [2.45, 2.75) is 41.9 Å². The standard InChI is InChI=1S/C11H20Br2O2Si/c1-9(2)10(14)15-8-6-4-3-5-7-11(12,13)16/h1,3-8H2,2,16H3. The van der Waals surface area contributed by atoms with Crippen LogP contribution >= 0.6 is 31.9 Å². The molecule has 0 N–H and O–H groups in total. The maximum atomic E-state index is 11.0. The first-order valence-corrected chi connectivity index (χ1v) is 8.12. The number of hydrogen-bond acceptors (Lipinski definition) is 2. The molecule has 0 heterocycles. The van der Waals surface area contributed by atoms with E-state index in [-0.39, 0.29) is 8.83 Å². The van der Waals surface area contributed by atoms with Crippen molar-refractivity contribution in [1.29, 1.82) is 0 Å². The van der Waals surface area contributed by atoms with Crippen LogP contribution in [-0.2, 0) is 9.53 Å². The van der Waals surface area contributed by atoms with Crippen LogP contribution in [0.5, 0.6) is 0 Å². The minimum absolute atomic E-state index is 0.201. The molecule has 0 spiro atoms. The van der Waals surface area contributed by atoms with Crippen molar-refractivity contribution in [3.8, 4) is 0 Å². The summed E-state index contributed by atoms with van der Waals surface area (Å²) in [6.07, 6.45) is 5.60. The van der Waals surface area contributed by atoms with Gasteiger partial charge >= 0.3 is 5.97 Å². The van der Waals surface area contributed by atoms with Gasteiger partial charge in [-0.1, -0.05) is 57.7 Å². The molecule has 0 saturated heterocycles.